The van der Waals surface area contributed by atoms with Crippen molar-refractivity contribution in [2.24, 2.45) is 0 Å². The molecule has 0 N–H and O–H groups in total. The van der Waals surface area contributed by atoms with Crippen LogP contribution < -0.4 is 0 Å². The van der Waals surface area contributed by atoms with Crippen molar-refractivity contribution in [3.8, 4) is 6.07 Å². The molecule has 0 fully saturated rings. The van der Waals surface area contributed by atoms with Crippen LogP contribution in [0, 0.1) is 11.3 Å². The summed E-state index contributed by atoms with van der Waals surface area (Å²) in [5, 5.41) is 8.22. The Labute approximate surface area is 93.2 Å². The average molecular weight is 239 g/mol. The van der Waals surface area contributed by atoms with E-state index in [-0.39, 0.29) is 17.1 Å². The van der Waals surface area contributed by atoms with Crippen molar-refractivity contribution in [1.29, 1.82) is 5.26 Å². The minimum Gasteiger partial charge on any atom is -0.447 e. The molecule has 0 aliphatic rings. The zero-order chi connectivity index (χ0) is 12.2. The fraction of sp³-hybridized carbons (Fsp3) is 0.200. The maximum Gasteiger partial charge on any atom is 0.339 e. The molecule has 0 heterocycles. The summed E-state index contributed by atoms with van der Waals surface area (Å²) < 4.78 is 27.0. The van der Waals surface area contributed by atoms with Crippen molar-refractivity contribution in [2.45, 2.75) is 4.90 Å². The third-order valence-corrected chi connectivity index (χ3v) is 2.88. The smallest absolute Gasteiger partial charge is 0.339 e. The van der Waals surface area contributed by atoms with E-state index in [9.17, 15) is 13.2 Å². The lowest BCUT2D eigenvalue weighted by atomic mass is 10.2. The monoisotopic (exact) mass is 239 g/mol. The average Bonchev–Trinajstić information content (AvgIpc) is 2.25. The van der Waals surface area contributed by atoms with Crippen LogP contribution in [-0.2, 0) is 14.6 Å². The molecule has 0 aromatic heterocycles. The zero-order valence-electron chi connectivity index (χ0n) is 8.50. The predicted molar refractivity (Wildman–Crippen MR) is 55.4 cm³/mol. The van der Waals surface area contributed by atoms with E-state index in [1.54, 1.807) is 6.07 Å². The minimum atomic E-state index is -3.35. The van der Waals surface area contributed by atoms with Crippen LogP contribution in [0.1, 0.15) is 10.4 Å². The maximum absolute atomic E-state index is 11.3. The molecule has 0 aliphatic carbocycles. The fourth-order valence-electron chi connectivity index (χ4n) is 1.03. The van der Waals surface area contributed by atoms with Gasteiger partial charge in [-0.3, -0.25) is 0 Å². The summed E-state index contributed by atoms with van der Waals surface area (Å²) in [5.41, 5.74) is 0.109. The van der Waals surface area contributed by atoms with Crippen molar-refractivity contribution in [1.82, 2.24) is 0 Å². The highest BCUT2D eigenvalue weighted by molar-refractivity contribution is 7.90. The summed E-state index contributed by atoms with van der Waals surface area (Å²) in [7, 11) is -3.35. The van der Waals surface area contributed by atoms with Gasteiger partial charge in [0.1, 0.15) is 6.07 Å². The lowest BCUT2D eigenvalue weighted by Crippen LogP contribution is -2.07. The zero-order valence-corrected chi connectivity index (χ0v) is 9.32. The molecule has 5 nitrogen and oxygen atoms in total. The molecular formula is C10H9NO4S. The van der Waals surface area contributed by atoms with E-state index in [2.05, 4.69) is 4.74 Å². The Bertz CT molecular complexity index is 542. The molecule has 1 aromatic carbocycles. The van der Waals surface area contributed by atoms with E-state index in [1.807, 2.05) is 0 Å². The van der Waals surface area contributed by atoms with E-state index in [0.717, 1.165) is 6.26 Å². The molecule has 0 radical (unpaired) electrons. The molecule has 0 unspecified atom stereocenters. The number of esters is 1. The number of carbonyl (C=O) groups is 1. The van der Waals surface area contributed by atoms with Gasteiger partial charge in [-0.2, -0.15) is 5.26 Å². The van der Waals surface area contributed by atoms with Crippen molar-refractivity contribution in [2.75, 3.05) is 12.9 Å². The Morgan fingerprint density at radius 1 is 1.50 bits per heavy atom. The van der Waals surface area contributed by atoms with Gasteiger partial charge in [0.25, 0.3) is 0 Å². The molecule has 0 bridgehead atoms. The van der Waals surface area contributed by atoms with E-state index in [4.69, 9.17) is 5.26 Å². The van der Waals surface area contributed by atoms with Crippen LogP contribution in [0.5, 0.6) is 0 Å². The largest absolute Gasteiger partial charge is 0.447 e. The van der Waals surface area contributed by atoms with Crippen LogP contribution in [0.25, 0.3) is 0 Å². The van der Waals surface area contributed by atoms with Crippen LogP contribution in [-0.4, -0.2) is 27.2 Å². The number of carbonyl (C=O) groups excluding carboxylic acids is 1. The highest BCUT2D eigenvalue weighted by Gasteiger charge is 2.12. The van der Waals surface area contributed by atoms with Gasteiger partial charge in [0.2, 0.25) is 0 Å². The molecule has 0 atom stereocenters. The Kier molecular flexibility index (Phi) is 3.64. The number of rotatable bonds is 3. The van der Waals surface area contributed by atoms with Gasteiger partial charge < -0.3 is 4.74 Å². The molecule has 16 heavy (non-hydrogen) atoms. The first-order valence-electron chi connectivity index (χ1n) is 4.29. The third kappa shape index (κ3) is 3.07. The highest BCUT2D eigenvalue weighted by Crippen LogP contribution is 2.12. The summed E-state index contributed by atoms with van der Waals surface area (Å²) in [6.45, 7) is -0.359. The van der Waals surface area contributed by atoms with E-state index in [1.165, 1.54) is 24.3 Å². The molecule has 0 aliphatic heterocycles. The second-order valence-electron chi connectivity index (χ2n) is 3.03. The first-order chi connectivity index (χ1) is 7.45. The molecule has 1 rings (SSSR count). The van der Waals surface area contributed by atoms with E-state index in [0.29, 0.717) is 0 Å². The van der Waals surface area contributed by atoms with Crippen molar-refractivity contribution >= 4 is 15.8 Å². The van der Waals surface area contributed by atoms with Gasteiger partial charge in [0.15, 0.2) is 16.4 Å². The number of sulfone groups is 1. The summed E-state index contributed by atoms with van der Waals surface area (Å²) in [4.78, 5) is 11.4. The molecule has 84 valence electrons. The maximum atomic E-state index is 11.3. The summed E-state index contributed by atoms with van der Waals surface area (Å²) >= 11 is 0. The highest BCUT2D eigenvalue weighted by atomic mass is 32.2. The fourth-order valence-corrected chi connectivity index (χ4v) is 1.70. The molecular weight excluding hydrogens is 230 g/mol. The minimum absolute atomic E-state index is 0.0407. The molecule has 6 heteroatoms. The van der Waals surface area contributed by atoms with Crippen molar-refractivity contribution in [3.63, 3.8) is 0 Å². The van der Waals surface area contributed by atoms with Crippen LogP contribution in [0.3, 0.4) is 0 Å². The van der Waals surface area contributed by atoms with Gasteiger partial charge in [-0.05, 0) is 18.2 Å². The standard InChI is InChI=1S/C10H9NO4S/c1-16(13,14)9-4-2-3-8(7-9)10(12)15-6-5-11/h2-4,7H,6H2,1H3. The summed E-state index contributed by atoms with van der Waals surface area (Å²) in [6.07, 6.45) is 1.05. The number of hydrogen-bond donors (Lipinski definition) is 0. The van der Waals surface area contributed by atoms with Crippen LogP contribution >= 0.6 is 0 Å². The van der Waals surface area contributed by atoms with Gasteiger partial charge in [-0.15, -0.1) is 0 Å². The Morgan fingerprint density at radius 3 is 2.75 bits per heavy atom. The number of nitrogens with zero attached hydrogens (tertiary/aromatic N) is 1. The predicted octanol–water partition coefficient (Wildman–Crippen LogP) is 0.770. The quantitative estimate of drug-likeness (QED) is 0.727. The van der Waals surface area contributed by atoms with Gasteiger partial charge in [-0.25, -0.2) is 13.2 Å². The van der Waals surface area contributed by atoms with Crippen LogP contribution in [0.2, 0.25) is 0 Å². The SMILES string of the molecule is CS(=O)(=O)c1cccc(C(=O)OCC#N)c1. The third-order valence-electron chi connectivity index (χ3n) is 1.77. The van der Waals surface area contributed by atoms with Gasteiger partial charge in [0, 0.05) is 6.26 Å². The Hall–Kier alpha value is -1.87. The number of hydrogen-bond acceptors (Lipinski definition) is 5. The molecule has 0 saturated heterocycles. The summed E-state index contributed by atoms with van der Waals surface area (Å²) in [5.74, 6) is -0.716. The lowest BCUT2D eigenvalue weighted by Gasteiger charge is -2.02. The molecule has 0 spiro atoms. The second kappa shape index (κ2) is 4.77. The molecule has 0 saturated carbocycles. The van der Waals surface area contributed by atoms with Crippen molar-refractivity contribution in [3.05, 3.63) is 29.8 Å². The van der Waals surface area contributed by atoms with Gasteiger partial charge >= 0.3 is 5.97 Å². The lowest BCUT2D eigenvalue weighted by molar-refractivity contribution is 0.0554. The first-order valence-corrected chi connectivity index (χ1v) is 6.18. The van der Waals surface area contributed by atoms with E-state index < -0.39 is 15.8 Å². The molecule has 1 aromatic rings. The van der Waals surface area contributed by atoms with E-state index >= 15 is 0 Å². The Morgan fingerprint density at radius 2 is 2.19 bits per heavy atom. The molecule has 0 amide bonds. The number of benzene rings is 1. The van der Waals surface area contributed by atoms with Crippen molar-refractivity contribution < 1.29 is 17.9 Å². The van der Waals surface area contributed by atoms with Gasteiger partial charge in [-0.1, -0.05) is 6.07 Å². The van der Waals surface area contributed by atoms with Crippen LogP contribution in [0.4, 0.5) is 0 Å². The first kappa shape index (κ1) is 12.2. The second-order valence-corrected chi connectivity index (χ2v) is 5.05. The topological polar surface area (TPSA) is 84.2 Å². The Balaban J connectivity index is 3.01. The number of nitriles is 1. The normalized spacial score (nSPS) is 10.5. The van der Waals surface area contributed by atoms with Gasteiger partial charge in [0.05, 0.1) is 10.5 Å². The number of ether oxygens (including phenoxy) is 1. The van der Waals surface area contributed by atoms with Crippen LogP contribution in [0.15, 0.2) is 29.2 Å². The summed E-state index contributed by atoms with van der Waals surface area (Å²) in [6, 6.07) is 7.12.